The standard InChI is InChI=1S/C17H17N3O2S/c1-11-8-13(9-18)17(19-12(11)2)23-10-16(21)20-14-4-6-15(22-3)7-5-14/h4-8H,10H2,1-3H3,(H,20,21). The van der Waals surface area contributed by atoms with Crippen molar-refractivity contribution in [2.45, 2.75) is 18.9 Å². The molecule has 6 heteroatoms. The molecule has 2 rings (SSSR count). The van der Waals surface area contributed by atoms with Crippen LogP contribution >= 0.6 is 11.8 Å². The molecule has 0 radical (unpaired) electrons. The van der Waals surface area contributed by atoms with Crippen LogP contribution in [0, 0.1) is 25.2 Å². The molecule has 0 unspecified atom stereocenters. The molecule has 5 nitrogen and oxygen atoms in total. The Kier molecular flexibility index (Phi) is 5.61. The number of nitrogens with one attached hydrogen (secondary N) is 1. The van der Waals surface area contributed by atoms with Gasteiger partial charge in [0.25, 0.3) is 0 Å². The Balaban J connectivity index is 1.99. The first-order valence-electron chi connectivity index (χ1n) is 6.98. The fourth-order valence-electron chi connectivity index (χ4n) is 1.88. The summed E-state index contributed by atoms with van der Waals surface area (Å²) in [7, 11) is 1.59. The highest BCUT2D eigenvalue weighted by Gasteiger charge is 2.10. The van der Waals surface area contributed by atoms with Crippen molar-refractivity contribution in [2.75, 3.05) is 18.2 Å². The number of pyridine rings is 1. The van der Waals surface area contributed by atoms with Gasteiger partial charge in [-0.25, -0.2) is 4.98 Å². The average Bonchev–Trinajstić information content (AvgIpc) is 2.56. The summed E-state index contributed by atoms with van der Waals surface area (Å²) in [5.41, 5.74) is 3.02. The largest absolute Gasteiger partial charge is 0.497 e. The van der Waals surface area contributed by atoms with Gasteiger partial charge in [0.15, 0.2) is 0 Å². The minimum atomic E-state index is -0.149. The van der Waals surface area contributed by atoms with Gasteiger partial charge in [0.05, 0.1) is 18.4 Å². The van der Waals surface area contributed by atoms with Crippen LogP contribution in [0.4, 0.5) is 5.69 Å². The van der Waals surface area contributed by atoms with Crippen molar-refractivity contribution in [3.63, 3.8) is 0 Å². The van der Waals surface area contributed by atoms with Gasteiger partial charge in [-0.1, -0.05) is 11.8 Å². The first-order valence-corrected chi connectivity index (χ1v) is 7.97. The smallest absolute Gasteiger partial charge is 0.234 e. The quantitative estimate of drug-likeness (QED) is 0.853. The Labute approximate surface area is 139 Å². The molecule has 0 bridgehead atoms. The molecule has 0 saturated carbocycles. The van der Waals surface area contributed by atoms with Crippen LogP contribution in [0.3, 0.4) is 0 Å². The predicted molar refractivity (Wildman–Crippen MR) is 90.8 cm³/mol. The molecule has 1 amide bonds. The van der Waals surface area contributed by atoms with Gasteiger partial charge in [-0.3, -0.25) is 4.79 Å². The summed E-state index contributed by atoms with van der Waals surface area (Å²) in [4.78, 5) is 16.4. The third kappa shape index (κ3) is 4.47. The molecule has 0 fully saturated rings. The summed E-state index contributed by atoms with van der Waals surface area (Å²) in [5, 5.41) is 12.6. The minimum absolute atomic E-state index is 0.149. The van der Waals surface area contributed by atoms with Crippen LogP contribution in [-0.2, 0) is 4.79 Å². The van der Waals surface area contributed by atoms with Gasteiger partial charge in [-0.2, -0.15) is 5.26 Å². The molecule has 1 aromatic heterocycles. The number of anilines is 1. The maximum Gasteiger partial charge on any atom is 0.234 e. The van der Waals surface area contributed by atoms with Crippen molar-refractivity contribution in [1.82, 2.24) is 4.98 Å². The van der Waals surface area contributed by atoms with Crippen LogP contribution in [0.1, 0.15) is 16.8 Å². The first kappa shape index (κ1) is 16.8. The molecule has 0 atom stereocenters. The Bertz CT molecular complexity index is 752. The number of hydrogen-bond donors (Lipinski definition) is 1. The first-order chi connectivity index (χ1) is 11.0. The van der Waals surface area contributed by atoms with Gasteiger partial charge in [0, 0.05) is 11.4 Å². The van der Waals surface area contributed by atoms with E-state index >= 15 is 0 Å². The number of hydrogen-bond acceptors (Lipinski definition) is 5. The Morgan fingerprint density at radius 1 is 1.35 bits per heavy atom. The van der Waals surface area contributed by atoms with Gasteiger partial charge < -0.3 is 10.1 Å². The Morgan fingerprint density at radius 3 is 2.65 bits per heavy atom. The fourth-order valence-corrected chi connectivity index (χ4v) is 2.68. The third-order valence-corrected chi connectivity index (χ3v) is 4.26. The van der Waals surface area contributed by atoms with Crippen molar-refractivity contribution in [3.05, 3.63) is 47.2 Å². The molecule has 118 valence electrons. The zero-order chi connectivity index (χ0) is 16.8. The van der Waals surface area contributed by atoms with Crippen LogP contribution in [-0.4, -0.2) is 23.8 Å². The van der Waals surface area contributed by atoms with E-state index in [9.17, 15) is 4.79 Å². The summed E-state index contributed by atoms with van der Waals surface area (Å²) < 4.78 is 5.07. The highest BCUT2D eigenvalue weighted by atomic mass is 32.2. The molecular weight excluding hydrogens is 310 g/mol. The molecule has 2 aromatic rings. The maximum atomic E-state index is 12.0. The molecule has 1 N–H and O–H groups in total. The van der Waals surface area contributed by atoms with Crippen molar-refractivity contribution >= 4 is 23.4 Å². The number of thioether (sulfide) groups is 1. The molecule has 1 heterocycles. The maximum absolute atomic E-state index is 12.0. The number of benzene rings is 1. The molecule has 0 aliphatic heterocycles. The van der Waals surface area contributed by atoms with E-state index in [1.54, 1.807) is 37.4 Å². The molecule has 23 heavy (non-hydrogen) atoms. The number of amides is 1. The molecule has 0 aliphatic rings. The Hall–Kier alpha value is -2.52. The number of nitriles is 1. The number of aryl methyl sites for hydroxylation is 2. The van der Waals surface area contributed by atoms with Crippen LogP contribution < -0.4 is 10.1 Å². The predicted octanol–water partition coefficient (Wildman–Crippen LogP) is 3.31. The van der Waals surface area contributed by atoms with E-state index in [4.69, 9.17) is 10.00 Å². The highest BCUT2D eigenvalue weighted by Crippen LogP contribution is 2.23. The summed E-state index contributed by atoms with van der Waals surface area (Å²) in [6, 6.07) is 11.0. The zero-order valence-corrected chi connectivity index (χ0v) is 14.0. The molecular formula is C17H17N3O2S. The third-order valence-electron chi connectivity index (χ3n) is 3.27. The number of carbonyl (C=O) groups excluding carboxylic acids is 1. The SMILES string of the molecule is COc1ccc(NC(=O)CSc2nc(C)c(C)cc2C#N)cc1. The van der Waals surface area contributed by atoms with Crippen LogP contribution in [0.25, 0.3) is 0 Å². The second-order valence-corrected chi connectivity index (χ2v) is 5.88. The summed E-state index contributed by atoms with van der Waals surface area (Å²) in [6.45, 7) is 3.80. The molecule has 0 spiro atoms. The van der Waals surface area contributed by atoms with Crippen LogP contribution in [0.15, 0.2) is 35.4 Å². The van der Waals surface area contributed by atoms with E-state index in [-0.39, 0.29) is 11.7 Å². The topological polar surface area (TPSA) is 75.0 Å². The van der Waals surface area contributed by atoms with Crippen LogP contribution in [0.5, 0.6) is 5.75 Å². The van der Waals surface area contributed by atoms with Gasteiger partial charge in [0.2, 0.25) is 5.91 Å². The van der Waals surface area contributed by atoms with Crippen molar-refractivity contribution in [2.24, 2.45) is 0 Å². The summed E-state index contributed by atoms with van der Waals surface area (Å²) in [6.07, 6.45) is 0. The molecule has 1 aromatic carbocycles. The van der Waals surface area contributed by atoms with Gasteiger partial charge in [-0.05, 0) is 49.7 Å². The number of nitrogens with zero attached hydrogens (tertiary/aromatic N) is 2. The van der Waals surface area contributed by atoms with Crippen LogP contribution in [0.2, 0.25) is 0 Å². The van der Waals surface area contributed by atoms with E-state index in [1.807, 2.05) is 13.8 Å². The zero-order valence-electron chi connectivity index (χ0n) is 13.2. The van der Waals surface area contributed by atoms with Gasteiger partial charge in [0.1, 0.15) is 16.8 Å². The van der Waals surface area contributed by atoms with Gasteiger partial charge in [-0.15, -0.1) is 0 Å². The number of aromatic nitrogens is 1. The lowest BCUT2D eigenvalue weighted by molar-refractivity contribution is -0.113. The second kappa shape index (κ2) is 7.65. The lowest BCUT2D eigenvalue weighted by Crippen LogP contribution is -2.14. The fraction of sp³-hybridized carbons (Fsp3) is 0.235. The minimum Gasteiger partial charge on any atom is -0.497 e. The second-order valence-electron chi connectivity index (χ2n) is 4.92. The van der Waals surface area contributed by atoms with Gasteiger partial charge >= 0.3 is 0 Å². The van der Waals surface area contributed by atoms with E-state index in [0.717, 1.165) is 17.0 Å². The van der Waals surface area contributed by atoms with E-state index in [2.05, 4.69) is 16.4 Å². The highest BCUT2D eigenvalue weighted by molar-refractivity contribution is 8.00. The normalized spacial score (nSPS) is 10.0. The number of ether oxygens (including phenoxy) is 1. The van der Waals surface area contributed by atoms with Crippen molar-refractivity contribution < 1.29 is 9.53 Å². The van der Waals surface area contributed by atoms with E-state index in [0.29, 0.717) is 16.3 Å². The lowest BCUT2D eigenvalue weighted by Gasteiger charge is -2.08. The van der Waals surface area contributed by atoms with E-state index < -0.39 is 0 Å². The van der Waals surface area contributed by atoms with Crippen molar-refractivity contribution in [3.8, 4) is 11.8 Å². The summed E-state index contributed by atoms with van der Waals surface area (Å²) >= 11 is 1.26. The Morgan fingerprint density at radius 2 is 2.04 bits per heavy atom. The number of carbonyl (C=O) groups is 1. The number of methoxy groups -OCH3 is 1. The molecule has 0 aliphatic carbocycles. The lowest BCUT2D eigenvalue weighted by atomic mass is 10.2. The number of rotatable bonds is 5. The van der Waals surface area contributed by atoms with Crippen molar-refractivity contribution in [1.29, 1.82) is 5.26 Å². The monoisotopic (exact) mass is 327 g/mol. The average molecular weight is 327 g/mol. The summed E-state index contributed by atoms with van der Waals surface area (Å²) in [5.74, 6) is 0.774. The van der Waals surface area contributed by atoms with E-state index in [1.165, 1.54) is 11.8 Å². The molecule has 0 saturated heterocycles.